The predicted molar refractivity (Wildman–Crippen MR) is 98.4 cm³/mol. The summed E-state index contributed by atoms with van der Waals surface area (Å²) >= 11 is 0. The van der Waals surface area contributed by atoms with Gasteiger partial charge in [-0.05, 0) is 0 Å². The summed E-state index contributed by atoms with van der Waals surface area (Å²) in [6.45, 7) is -1.27. The van der Waals surface area contributed by atoms with Crippen LogP contribution >= 0.6 is 23.5 Å². The Kier molecular flexibility index (Phi) is 6.73. The minimum Gasteiger partial charge on any atom is -0.384 e. The Morgan fingerprint density at radius 1 is 1.24 bits per heavy atom. The summed E-state index contributed by atoms with van der Waals surface area (Å²) in [6.07, 6.45) is -5.72. The SMILES string of the molecule is Nc1nc2c(ncn2[C@@H]2O[C@H](COP(=O)(O)OP(=O)(O)OP(=O)(O)O)[C@@H](O)[C@]2(O)F)c(=O)[nH]1. The summed E-state index contributed by atoms with van der Waals surface area (Å²) in [5.41, 5.74) is 3.89. The lowest BCUT2D eigenvalue weighted by Crippen LogP contribution is -2.43. The average molecular weight is 541 g/mol. The molecule has 9 N–H and O–H groups in total. The third-order valence-corrected chi connectivity index (χ3v) is 7.74. The number of nitrogens with zero attached hydrogens (tertiary/aromatic N) is 3. The largest absolute Gasteiger partial charge is 0.490 e. The molecule has 2 unspecified atom stereocenters. The molecule has 2 aromatic rings. The number of halogens is 1. The standard InChI is InChI=1S/C10H15FN5O14P3/c11-10(19)5(17)3(1-27-32(23,24)30-33(25,26)29-31(20,21)22)28-8(10)16-2-13-4-6(16)14-9(12)15-7(4)18/h2-3,5,8,17,19H,1H2,(H,23,24)(H,25,26)(H2,20,21,22)(H3,12,14,15,18)/t3-,5-,8-,10-/m1/s1. The maximum Gasteiger partial charge on any atom is 0.490 e. The van der Waals surface area contributed by atoms with Crippen molar-refractivity contribution in [3.8, 4) is 0 Å². The van der Waals surface area contributed by atoms with Crippen LogP contribution in [0.4, 0.5) is 10.3 Å². The van der Waals surface area contributed by atoms with E-state index in [9.17, 15) is 38.0 Å². The van der Waals surface area contributed by atoms with E-state index in [-0.39, 0.29) is 11.2 Å². The normalized spacial score (nSPS) is 29.7. The minimum atomic E-state index is -5.82. The number of nitrogen functional groups attached to an aromatic ring is 1. The molecule has 186 valence electrons. The number of fused-ring (bicyclic) bond motifs is 1. The number of phosphoric ester groups is 1. The number of phosphoric acid groups is 3. The lowest BCUT2D eigenvalue weighted by Gasteiger charge is -2.23. The van der Waals surface area contributed by atoms with Crippen LogP contribution in [0.3, 0.4) is 0 Å². The van der Waals surface area contributed by atoms with Gasteiger partial charge in [-0.25, -0.2) is 23.1 Å². The summed E-state index contributed by atoms with van der Waals surface area (Å²) < 4.78 is 65.6. The van der Waals surface area contributed by atoms with Crippen molar-refractivity contribution in [2.45, 2.75) is 24.3 Å². The first kappa shape index (κ1) is 26.0. The van der Waals surface area contributed by atoms with E-state index >= 15 is 0 Å². The zero-order valence-corrected chi connectivity index (χ0v) is 18.3. The Hall–Kier alpha value is -1.63. The number of hydrogen-bond acceptors (Lipinski definition) is 13. The molecule has 1 saturated heterocycles. The number of aromatic amines is 1. The van der Waals surface area contributed by atoms with Gasteiger partial charge in [0.2, 0.25) is 5.95 Å². The van der Waals surface area contributed by atoms with Crippen LogP contribution in [0, 0.1) is 0 Å². The van der Waals surface area contributed by atoms with E-state index in [2.05, 4.69) is 28.1 Å². The highest BCUT2D eigenvalue weighted by molar-refractivity contribution is 7.66. The van der Waals surface area contributed by atoms with Gasteiger partial charge in [0.15, 0.2) is 17.4 Å². The summed E-state index contributed by atoms with van der Waals surface area (Å²) in [7, 11) is -17.1. The second-order valence-electron chi connectivity index (χ2n) is 6.36. The van der Waals surface area contributed by atoms with E-state index < -0.39 is 65.9 Å². The van der Waals surface area contributed by atoms with E-state index in [0.29, 0.717) is 4.57 Å². The second-order valence-corrected chi connectivity index (χ2v) is 10.8. The molecule has 0 saturated carbocycles. The van der Waals surface area contributed by atoms with Crippen molar-refractivity contribution in [3.63, 3.8) is 0 Å². The lowest BCUT2D eigenvalue weighted by atomic mass is 10.1. The lowest BCUT2D eigenvalue weighted by molar-refractivity contribution is -0.195. The van der Waals surface area contributed by atoms with E-state index in [1.165, 1.54) is 0 Å². The highest BCUT2D eigenvalue weighted by Gasteiger charge is 2.58. The number of imidazole rings is 1. The zero-order valence-electron chi connectivity index (χ0n) is 15.6. The van der Waals surface area contributed by atoms with E-state index in [1.54, 1.807) is 0 Å². The highest BCUT2D eigenvalue weighted by atomic mass is 31.3. The molecule has 3 rings (SSSR count). The molecule has 0 amide bonds. The van der Waals surface area contributed by atoms with Gasteiger partial charge >= 0.3 is 23.5 Å². The van der Waals surface area contributed by atoms with E-state index in [1.807, 2.05) is 0 Å². The number of ether oxygens (including phenoxy) is 1. The molecule has 33 heavy (non-hydrogen) atoms. The van der Waals surface area contributed by atoms with Gasteiger partial charge in [0.1, 0.15) is 12.2 Å². The molecule has 2 aromatic heterocycles. The molecule has 0 spiro atoms. The number of alkyl halides is 1. The number of H-pyrrole nitrogens is 1. The fraction of sp³-hybridized carbons (Fsp3) is 0.500. The molecular formula is C10H15FN5O14P3. The second kappa shape index (κ2) is 8.54. The first-order chi connectivity index (χ1) is 14.9. The molecule has 1 aliphatic heterocycles. The number of hydrogen-bond donors (Lipinski definition) is 8. The van der Waals surface area contributed by atoms with Crippen LogP contribution in [0.1, 0.15) is 6.23 Å². The van der Waals surface area contributed by atoms with Crippen molar-refractivity contribution in [3.05, 3.63) is 16.7 Å². The van der Waals surface area contributed by atoms with Crippen LogP contribution in [-0.4, -0.2) is 74.0 Å². The summed E-state index contributed by atoms with van der Waals surface area (Å²) in [4.78, 5) is 56.8. The maximum atomic E-state index is 14.9. The fourth-order valence-corrected chi connectivity index (χ4v) is 5.75. The predicted octanol–water partition coefficient (Wildman–Crippen LogP) is -2.04. The van der Waals surface area contributed by atoms with Crippen LogP contribution in [-0.2, 0) is 31.6 Å². The third-order valence-electron chi connectivity index (χ3n) is 3.94. The molecule has 6 atom stereocenters. The zero-order chi connectivity index (χ0) is 25.0. The maximum absolute atomic E-state index is 14.9. The molecule has 1 fully saturated rings. The van der Waals surface area contributed by atoms with E-state index in [0.717, 1.165) is 6.33 Å². The Balaban J connectivity index is 1.78. The minimum absolute atomic E-state index is 0.338. The van der Waals surface area contributed by atoms with Gasteiger partial charge in [0, 0.05) is 0 Å². The van der Waals surface area contributed by atoms with Crippen molar-refractivity contribution in [2.24, 2.45) is 0 Å². The van der Waals surface area contributed by atoms with Crippen LogP contribution < -0.4 is 11.3 Å². The van der Waals surface area contributed by atoms with Gasteiger partial charge in [-0.15, -0.1) is 0 Å². The molecular weight excluding hydrogens is 526 g/mol. The van der Waals surface area contributed by atoms with Crippen molar-refractivity contribution >= 4 is 40.6 Å². The van der Waals surface area contributed by atoms with Gasteiger partial charge in [-0.2, -0.15) is 13.6 Å². The first-order valence-corrected chi connectivity index (χ1v) is 12.7. The van der Waals surface area contributed by atoms with Gasteiger partial charge in [-0.3, -0.25) is 18.9 Å². The van der Waals surface area contributed by atoms with Crippen LogP contribution in [0.2, 0.25) is 0 Å². The summed E-state index contributed by atoms with van der Waals surface area (Å²) in [6, 6.07) is 0. The van der Waals surface area contributed by atoms with Crippen molar-refractivity contribution in [1.29, 1.82) is 0 Å². The Labute approximate surface area is 180 Å². The van der Waals surface area contributed by atoms with Gasteiger partial charge in [-0.1, -0.05) is 0 Å². The van der Waals surface area contributed by atoms with Crippen molar-refractivity contribution in [1.82, 2.24) is 19.5 Å². The highest BCUT2D eigenvalue weighted by Crippen LogP contribution is 2.66. The third kappa shape index (κ3) is 5.72. The molecule has 0 aromatic carbocycles. The summed E-state index contributed by atoms with van der Waals surface area (Å²) in [5.74, 6) is -4.02. The molecule has 0 aliphatic carbocycles. The molecule has 1 aliphatic rings. The molecule has 19 nitrogen and oxygen atoms in total. The van der Waals surface area contributed by atoms with Gasteiger partial charge in [0.05, 0.1) is 12.9 Å². The quantitative estimate of drug-likeness (QED) is 0.167. The number of anilines is 1. The molecule has 3 heterocycles. The average Bonchev–Trinajstić information content (AvgIpc) is 3.10. The topological polar surface area (TPSA) is 299 Å². The van der Waals surface area contributed by atoms with Crippen molar-refractivity contribution < 1.29 is 65.8 Å². The Morgan fingerprint density at radius 3 is 2.48 bits per heavy atom. The smallest absolute Gasteiger partial charge is 0.384 e. The van der Waals surface area contributed by atoms with Crippen LogP contribution in [0.5, 0.6) is 0 Å². The number of rotatable bonds is 8. The Morgan fingerprint density at radius 2 is 1.88 bits per heavy atom. The number of aliphatic hydroxyl groups excluding tert-OH is 1. The number of nitrogens with one attached hydrogen (secondary N) is 1. The summed E-state index contributed by atoms with van der Waals surface area (Å²) in [5, 5.41) is 20.1. The number of nitrogens with two attached hydrogens (primary N) is 1. The van der Waals surface area contributed by atoms with E-state index in [4.69, 9.17) is 25.2 Å². The van der Waals surface area contributed by atoms with Crippen LogP contribution in [0.15, 0.2) is 11.1 Å². The number of aliphatic hydroxyl groups is 2. The fourth-order valence-electron chi connectivity index (χ4n) is 2.72. The van der Waals surface area contributed by atoms with Crippen molar-refractivity contribution in [2.75, 3.05) is 12.3 Å². The van der Waals surface area contributed by atoms with Gasteiger partial charge < -0.3 is 40.3 Å². The molecule has 0 bridgehead atoms. The van der Waals surface area contributed by atoms with Gasteiger partial charge in [0.25, 0.3) is 11.4 Å². The Bertz CT molecular complexity index is 1260. The molecule has 23 heteroatoms. The monoisotopic (exact) mass is 541 g/mol. The van der Waals surface area contributed by atoms with Crippen LogP contribution in [0.25, 0.3) is 11.2 Å². The molecule has 0 radical (unpaired) electrons. The number of aromatic nitrogens is 4. The first-order valence-electron chi connectivity index (χ1n) is 8.17.